The largest absolute Gasteiger partial charge is 0.497 e. The van der Waals surface area contributed by atoms with E-state index >= 15 is 0 Å². The van der Waals surface area contributed by atoms with Crippen molar-refractivity contribution in [2.45, 2.75) is 12.5 Å². The lowest BCUT2D eigenvalue weighted by atomic mass is 9.93. The number of rotatable bonds is 6. The highest BCUT2D eigenvalue weighted by Gasteiger charge is 2.35. The first-order valence-electron chi connectivity index (χ1n) is 10.7. The summed E-state index contributed by atoms with van der Waals surface area (Å²) in [7, 11) is 3.03. The number of hydrogen-bond donors (Lipinski definition) is 1. The molecule has 1 aliphatic rings. The first-order valence-corrected chi connectivity index (χ1v) is 10.7. The van der Waals surface area contributed by atoms with E-state index in [2.05, 4.69) is 5.32 Å². The minimum absolute atomic E-state index is 0.217. The highest BCUT2D eigenvalue weighted by molar-refractivity contribution is 6.00. The molecule has 0 bridgehead atoms. The van der Waals surface area contributed by atoms with Gasteiger partial charge in [-0.15, -0.1) is 0 Å². The predicted octanol–water partition coefficient (Wildman–Crippen LogP) is 3.69. The van der Waals surface area contributed by atoms with Crippen LogP contribution in [0, 0.1) is 5.82 Å². The first kappa shape index (κ1) is 22.3. The van der Waals surface area contributed by atoms with Crippen LogP contribution < -0.4 is 14.8 Å². The van der Waals surface area contributed by atoms with E-state index in [-0.39, 0.29) is 17.6 Å². The molecule has 2 amide bonds. The van der Waals surface area contributed by atoms with Gasteiger partial charge in [0.05, 0.1) is 19.8 Å². The molecule has 0 aromatic heterocycles. The van der Waals surface area contributed by atoms with E-state index in [9.17, 15) is 14.0 Å². The molecule has 4 rings (SSSR count). The minimum atomic E-state index is -0.705. The predicted molar refractivity (Wildman–Crippen MR) is 123 cm³/mol. The van der Waals surface area contributed by atoms with Crippen LogP contribution in [-0.4, -0.2) is 50.1 Å². The van der Waals surface area contributed by atoms with Gasteiger partial charge in [-0.05, 0) is 47.0 Å². The van der Waals surface area contributed by atoms with Crippen molar-refractivity contribution in [2.24, 2.45) is 0 Å². The zero-order valence-electron chi connectivity index (χ0n) is 18.5. The summed E-state index contributed by atoms with van der Waals surface area (Å²) < 4.78 is 24.1. The second kappa shape index (κ2) is 9.73. The van der Waals surface area contributed by atoms with Crippen molar-refractivity contribution in [1.82, 2.24) is 10.2 Å². The van der Waals surface area contributed by atoms with Gasteiger partial charge >= 0.3 is 0 Å². The summed E-state index contributed by atoms with van der Waals surface area (Å²) in [5.41, 5.74) is 2.96. The highest BCUT2D eigenvalue weighted by Crippen LogP contribution is 2.29. The molecule has 0 radical (unpaired) electrons. The summed E-state index contributed by atoms with van der Waals surface area (Å²) in [6, 6.07) is 18.2. The van der Waals surface area contributed by atoms with E-state index in [1.165, 1.54) is 26.4 Å². The van der Waals surface area contributed by atoms with Crippen LogP contribution >= 0.6 is 0 Å². The normalized spacial score (nSPS) is 15.7. The Balaban J connectivity index is 1.68. The fourth-order valence-corrected chi connectivity index (χ4v) is 4.11. The molecule has 3 aromatic rings. The number of halogens is 1. The van der Waals surface area contributed by atoms with Gasteiger partial charge < -0.3 is 19.7 Å². The Morgan fingerprint density at radius 2 is 1.82 bits per heavy atom. The molecule has 1 N–H and O–H groups in total. The van der Waals surface area contributed by atoms with Crippen LogP contribution in [0.15, 0.2) is 66.7 Å². The maximum absolute atomic E-state index is 13.6. The molecule has 0 aliphatic carbocycles. The summed E-state index contributed by atoms with van der Waals surface area (Å²) >= 11 is 0. The Morgan fingerprint density at radius 3 is 2.55 bits per heavy atom. The zero-order valence-corrected chi connectivity index (χ0v) is 18.5. The Hall–Kier alpha value is -3.87. The number of ether oxygens (including phenoxy) is 2. The standard InChI is InChI=1S/C26H25FN2O4/c1-32-20-11-12-24(33-2)22(16-20)26(31)29-14-13-28-25(30)23(29)15-18-5-3-4-6-21(18)17-7-9-19(27)10-8-17/h3-12,16,23H,13-15H2,1-2H3,(H,28,30)/t23-/m0/s1. The second-order valence-electron chi connectivity index (χ2n) is 7.74. The number of amides is 2. The Labute approximate surface area is 191 Å². The summed E-state index contributed by atoms with van der Waals surface area (Å²) in [5.74, 6) is 0.109. The van der Waals surface area contributed by atoms with Gasteiger partial charge in [0.15, 0.2) is 0 Å². The van der Waals surface area contributed by atoms with Crippen molar-refractivity contribution < 1.29 is 23.5 Å². The molecule has 170 valence electrons. The molecule has 1 aliphatic heterocycles. The lowest BCUT2D eigenvalue weighted by Gasteiger charge is -2.35. The van der Waals surface area contributed by atoms with E-state index in [0.29, 0.717) is 36.6 Å². The van der Waals surface area contributed by atoms with E-state index in [1.807, 2.05) is 24.3 Å². The molecule has 0 spiro atoms. The maximum Gasteiger partial charge on any atom is 0.258 e. The number of nitrogens with zero attached hydrogens (tertiary/aromatic N) is 1. The van der Waals surface area contributed by atoms with E-state index in [1.54, 1.807) is 35.2 Å². The number of methoxy groups -OCH3 is 2. The lowest BCUT2D eigenvalue weighted by molar-refractivity contribution is -0.127. The number of carbonyl (C=O) groups excluding carboxylic acids is 2. The molecule has 1 heterocycles. The smallest absolute Gasteiger partial charge is 0.258 e. The third kappa shape index (κ3) is 4.67. The van der Waals surface area contributed by atoms with E-state index in [0.717, 1.165) is 16.7 Å². The van der Waals surface area contributed by atoms with Crippen molar-refractivity contribution >= 4 is 11.8 Å². The van der Waals surface area contributed by atoms with Crippen LogP contribution in [0.2, 0.25) is 0 Å². The maximum atomic E-state index is 13.6. The van der Waals surface area contributed by atoms with Gasteiger partial charge in [-0.3, -0.25) is 9.59 Å². The summed E-state index contributed by atoms with van der Waals surface area (Å²) in [6.45, 7) is 0.737. The average Bonchev–Trinajstić information content (AvgIpc) is 2.85. The topological polar surface area (TPSA) is 67.9 Å². The Morgan fingerprint density at radius 1 is 1.06 bits per heavy atom. The molecule has 7 heteroatoms. The molecule has 0 saturated carbocycles. The van der Waals surface area contributed by atoms with Crippen LogP contribution in [0.5, 0.6) is 11.5 Å². The zero-order chi connectivity index (χ0) is 23.4. The summed E-state index contributed by atoms with van der Waals surface area (Å²) in [4.78, 5) is 28.0. The number of hydrogen-bond acceptors (Lipinski definition) is 4. The average molecular weight is 448 g/mol. The third-order valence-electron chi connectivity index (χ3n) is 5.81. The van der Waals surface area contributed by atoms with Gasteiger partial charge in [-0.2, -0.15) is 0 Å². The molecule has 0 unspecified atom stereocenters. The molecule has 1 fully saturated rings. The van der Waals surface area contributed by atoms with Crippen molar-refractivity contribution in [3.63, 3.8) is 0 Å². The van der Waals surface area contributed by atoms with Gasteiger partial charge in [0.25, 0.3) is 5.91 Å². The third-order valence-corrected chi connectivity index (χ3v) is 5.81. The Bertz CT molecular complexity index is 1160. The molecule has 1 atom stereocenters. The monoisotopic (exact) mass is 448 g/mol. The fraction of sp³-hybridized carbons (Fsp3) is 0.231. The summed E-state index contributed by atoms with van der Waals surface area (Å²) in [5, 5.41) is 2.87. The van der Waals surface area contributed by atoms with Gasteiger partial charge in [0, 0.05) is 19.5 Å². The molecule has 6 nitrogen and oxygen atoms in total. The molecule has 3 aromatic carbocycles. The number of nitrogens with one attached hydrogen (secondary N) is 1. The highest BCUT2D eigenvalue weighted by atomic mass is 19.1. The van der Waals surface area contributed by atoms with Gasteiger partial charge in [-0.1, -0.05) is 36.4 Å². The van der Waals surface area contributed by atoms with Crippen LogP contribution in [0.25, 0.3) is 11.1 Å². The van der Waals surface area contributed by atoms with Crippen molar-refractivity contribution in [3.05, 3.63) is 83.7 Å². The van der Waals surface area contributed by atoms with Crippen molar-refractivity contribution in [1.29, 1.82) is 0 Å². The number of carbonyl (C=O) groups is 2. The van der Waals surface area contributed by atoms with Crippen LogP contribution in [0.1, 0.15) is 15.9 Å². The van der Waals surface area contributed by atoms with Crippen LogP contribution in [0.4, 0.5) is 4.39 Å². The van der Waals surface area contributed by atoms with E-state index in [4.69, 9.17) is 9.47 Å². The van der Waals surface area contributed by atoms with E-state index < -0.39 is 6.04 Å². The second-order valence-corrected chi connectivity index (χ2v) is 7.74. The number of piperazine rings is 1. The molecular formula is C26H25FN2O4. The Kier molecular flexibility index (Phi) is 6.58. The quantitative estimate of drug-likeness (QED) is 0.625. The lowest BCUT2D eigenvalue weighted by Crippen LogP contribution is -2.58. The molecule has 1 saturated heterocycles. The molecular weight excluding hydrogens is 423 g/mol. The van der Waals surface area contributed by atoms with Crippen molar-refractivity contribution in [2.75, 3.05) is 27.3 Å². The number of benzene rings is 3. The van der Waals surface area contributed by atoms with Gasteiger partial charge in [0.2, 0.25) is 5.91 Å². The molecule has 33 heavy (non-hydrogen) atoms. The summed E-state index contributed by atoms with van der Waals surface area (Å²) in [6.07, 6.45) is 0.317. The van der Waals surface area contributed by atoms with Crippen LogP contribution in [-0.2, 0) is 11.2 Å². The van der Waals surface area contributed by atoms with Crippen molar-refractivity contribution in [3.8, 4) is 22.6 Å². The first-order chi connectivity index (χ1) is 16.0. The van der Waals surface area contributed by atoms with Gasteiger partial charge in [0.1, 0.15) is 23.4 Å². The van der Waals surface area contributed by atoms with Crippen LogP contribution in [0.3, 0.4) is 0 Å². The van der Waals surface area contributed by atoms with Gasteiger partial charge in [-0.25, -0.2) is 4.39 Å². The SMILES string of the molecule is COc1ccc(OC)c(C(=O)N2CCNC(=O)[C@@H]2Cc2ccccc2-c2ccc(F)cc2)c1. The fourth-order valence-electron chi connectivity index (χ4n) is 4.11. The minimum Gasteiger partial charge on any atom is -0.497 e.